The van der Waals surface area contributed by atoms with Gasteiger partial charge in [-0.1, -0.05) is 18.2 Å². The van der Waals surface area contributed by atoms with E-state index in [1.54, 1.807) is 4.68 Å². The van der Waals surface area contributed by atoms with E-state index in [0.717, 1.165) is 24.1 Å². The highest BCUT2D eigenvalue weighted by Gasteiger charge is 2.12. The van der Waals surface area contributed by atoms with Crippen molar-refractivity contribution < 1.29 is 4.79 Å². The summed E-state index contributed by atoms with van der Waals surface area (Å²) in [6.07, 6.45) is 1.49. The molecule has 4 heteroatoms. The molecule has 0 saturated heterocycles. The lowest BCUT2D eigenvalue weighted by molar-refractivity contribution is 0.111. The van der Waals surface area contributed by atoms with Gasteiger partial charge in [-0.2, -0.15) is 0 Å². The predicted octanol–water partition coefficient (Wildman–Crippen LogP) is 2.26. The Balaban J connectivity index is 2.59. The molecule has 0 bridgehead atoms. The zero-order chi connectivity index (χ0) is 12.4. The molecular weight excluding hydrogens is 214 g/mol. The van der Waals surface area contributed by atoms with Crippen molar-refractivity contribution >= 4 is 6.29 Å². The van der Waals surface area contributed by atoms with Crippen LogP contribution in [0, 0.1) is 13.8 Å². The minimum atomic E-state index is 0.423. The molecule has 0 aliphatic heterocycles. The van der Waals surface area contributed by atoms with Crippen molar-refractivity contribution in [1.29, 1.82) is 0 Å². The van der Waals surface area contributed by atoms with E-state index >= 15 is 0 Å². The maximum absolute atomic E-state index is 10.8. The number of hydrogen-bond acceptors (Lipinski definition) is 3. The number of aldehydes is 1. The van der Waals surface area contributed by atoms with Crippen LogP contribution < -0.4 is 0 Å². The van der Waals surface area contributed by atoms with Crippen molar-refractivity contribution in [3.8, 4) is 5.69 Å². The summed E-state index contributed by atoms with van der Waals surface area (Å²) in [5.74, 6) is 0. The first-order valence-electron chi connectivity index (χ1n) is 5.64. The number of rotatable bonds is 3. The molecule has 0 amide bonds. The Morgan fingerprint density at radius 3 is 2.41 bits per heavy atom. The lowest BCUT2D eigenvalue weighted by atomic mass is 10.1. The van der Waals surface area contributed by atoms with E-state index in [4.69, 9.17) is 0 Å². The van der Waals surface area contributed by atoms with Gasteiger partial charge in [0.15, 0.2) is 6.29 Å². The lowest BCUT2D eigenvalue weighted by Crippen LogP contribution is -2.03. The molecule has 0 spiro atoms. The fourth-order valence-electron chi connectivity index (χ4n) is 2.02. The van der Waals surface area contributed by atoms with Crippen molar-refractivity contribution in [3.05, 3.63) is 40.7 Å². The molecule has 2 aromatic rings. The number of carbonyl (C=O) groups excluding carboxylic acids is 1. The molecule has 0 fully saturated rings. The smallest absolute Gasteiger partial charge is 0.172 e. The number of hydrogen-bond donors (Lipinski definition) is 0. The molecule has 0 aliphatic carbocycles. The van der Waals surface area contributed by atoms with Gasteiger partial charge in [0.25, 0.3) is 0 Å². The first kappa shape index (κ1) is 11.5. The van der Waals surface area contributed by atoms with E-state index in [-0.39, 0.29) is 0 Å². The summed E-state index contributed by atoms with van der Waals surface area (Å²) in [7, 11) is 0. The average molecular weight is 229 g/mol. The molecule has 4 nitrogen and oxygen atoms in total. The fourth-order valence-corrected chi connectivity index (χ4v) is 2.02. The second-order valence-corrected chi connectivity index (χ2v) is 4.15. The molecule has 1 aromatic carbocycles. The summed E-state index contributed by atoms with van der Waals surface area (Å²) in [6, 6.07) is 6.18. The quantitative estimate of drug-likeness (QED) is 0.758. The highest BCUT2D eigenvalue weighted by molar-refractivity contribution is 5.73. The Bertz CT molecular complexity index is 538. The molecule has 0 saturated carbocycles. The maximum Gasteiger partial charge on any atom is 0.172 e. The summed E-state index contributed by atoms with van der Waals surface area (Å²) < 4.78 is 1.74. The molecule has 0 radical (unpaired) electrons. The number of nitrogens with zero attached hydrogens (tertiary/aromatic N) is 3. The molecule has 2 rings (SSSR count). The van der Waals surface area contributed by atoms with Crippen LogP contribution in [0.2, 0.25) is 0 Å². The molecule has 1 heterocycles. The fraction of sp³-hybridized carbons (Fsp3) is 0.308. The highest BCUT2D eigenvalue weighted by Crippen LogP contribution is 2.16. The van der Waals surface area contributed by atoms with Crippen molar-refractivity contribution in [2.45, 2.75) is 27.2 Å². The number of aryl methyl sites for hydroxylation is 2. The van der Waals surface area contributed by atoms with Crippen LogP contribution >= 0.6 is 0 Å². The van der Waals surface area contributed by atoms with Crippen LogP contribution in [0.4, 0.5) is 0 Å². The van der Waals surface area contributed by atoms with Crippen molar-refractivity contribution in [2.24, 2.45) is 0 Å². The van der Waals surface area contributed by atoms with Gasteiger partial charge >= 0.3 is 0 Å². The van der Waals surface area contributed by atoms with Crippen LogP contribution in [0.15, 0.2) is 18.2 Å². The van der Waals surface area contributed by atoms with Gasteiger partial charge in [0.2, 0.25) is 0 Å². The summed E-state index contributed by atoms with van der Waals surface area (Å²) in [4.78, 5) is 10.8. The topological polar surface area (TPSA) is 47.8 Å². The third-order valence-electron chi connectivity index (χ3n) is 2.69. The molecular formula is C13H15N3O. The lowest BCUT2D eigenvalue weighted by Gasteiger charge is -2.07. The van der Waals surface area contributed by atoms with Gasteiger partial charge in [0.1, 0.15) is 5.69 Å². The Morgan fingerprint density at radius 1 is 1.24 bits per heavy atom. The van der Waals surface area contributed by atoms with Gasteiger partial charge in [-0.25, -0.2) is 4.68 Å². The Morgan fingerprint density at radius 2 is 1.88 bits per heavy atom. The minimum Gasteiger partial charge on any atom is -0.296 e. The Kier molecular flexibility index (Phi) is 3.04. The van der Waals surface area contributed by atoms with Gasteiger partial charge in [0, 0.05) is 0 Å². The Labute approximate surface area is 100 Å². The highest BCUT2D eigenvalue weighted by atomic mass is 16.1. The third kappa shape index (κ3) is 2.11. The number of aromatic nitrogens is 3. The van der Waals surface area contributed by atoms with Crippen LogP contribution in [0.5, 0.6) is 0 Å². The van der Waals surface area contributed by atoms with Gasteiger partial charge in [0.05, 0.1) is 11.4 Å². The number of benzene rings is 1. The predicted molar refractivity (Wildman–Crippen MR) is 65.6 cm³/mol. The summed E-state index contributed by atoms with van der Waals surface area (Å²) in [6.45, 7) is 6.07. The second kappa shape index (κ2) is 4.49. The van der Waals surface area contributed by atoms with E-state index in [1.165, 1.54) is 11.1 Å². The van der Waals surface area contributed by atoms with Crippen molar-refractivity contribution in [3.63, 3.8) is 0 Å². The van der Waals surface area contributed by atoms with Gasteiger partial charge in [-0.05, 0) is 43.5 Å². The normalized spacial score (nSPS) is 10.5. The van der Waals surface area contributed by atoms with Crippen LogP contribution in [0.3, 0.4) is 0 Å². The van der Waals surface area contributed by atoms with E-state index in [0.29, 0.717) is 5.69 Å². The maximum atomic E-state index is 10.8. The van der Waals surface area contributed by atoms with Gasteiger partial charge in [-0.3, -0.25) is 4.79 Å². The van der Waals surface area contributed by atoms with Crippen LogP contribution in [0.1, 0.15) is 34.2 Å². The molecule has 0 aliphatic rings. The average Bonchev–Trinajstić information content (AvgIpc) is 2.70. The molecule has 0 atom stereocenters. The van der Waals surface area contributed by atoms with Crippen LogP contribution in [0.25, 0.3) is 5.69 Å². The first-order valence-corrected chi connectivity index (χ1v) is 5.64. The molecule has 0 unspecified atom stereocenters. The monoisotopic (exact) mass is 229 g/mol. The summed E-state index contributed by atoms with van der Waals surface area (Å²) in [5, 5.41) is 7.93. The zero-order valence-corrected chi connectivity index (χ0v) is 10.3. The van der Waals surface area contributed by atoms with Crippen molar-refractivity contribution in [2.75, 3.05) is 0 Å². The minimum absolute atomic E-state index is 0.423. The van der Waals surface area contributed by atoms with E-state index < -0.39 is 0 Å². The van der Waals surface area contributed by atoms with E-state index in [1.807, 2.05) is 32.9 Å². The summed E-state index contributed by atoms with van der Waals surface area (Å²) in [5.41, 5.74) is 4.58. The zero-order valence-electron chi connectivity index (χ0n) is 10.3. The standard InChI is InChI=1S/C13H15N3O/c1-4-13-12(8-17)14-15-16(13)11-6-9(2)5-10(3)7-11/h5-8H,4H2,1-3H3. The van der Waals surface area contributed by atoms with E-state index in [9.17, 15) is 4.79 Å². The largest absolute Gasteiger partial charge is 0.296 e. The van der Waals surface area contributed by atoms with Gasteiger partial charge < -0.3 is 0 Å². The summed E-state index contributed by atoms with van der Waals surface area (Å²) >= 11 is 0. The second-order valence-electron chi connectivity index (χ2n) is 4.15. The van der Waals surface area contributed by atoms with Crippen LogP contribution in [-0.4, -0.2) is 21.3 Å². The SMILES string of the molecule is CCc1c(C=O)nnn1-c1cc(C)cc(C)c1. The molecule has 0 N–H and O–H groups in total. The third-order valence-corrected chi connectivity index (χ3v) is 2.69. The first-order chi connectivity index (χ1) is 8.15. The number of carbonyl (C=O) groups is 1. The molecule has 88 valence electrons. The molecule has 17 heavy (non-hydrogen) atoms. The van der Waals surface area contributed by atoms with E-state index in [2.05, 4.69) is 16.4 Å². The molecule has 1 aromatic heterocycles. The van der Waals surface area contributed by atoms with Crippen LogP contribution in [-0.2, 0) is 6.42 Å². The Hall–Kier alpha value is -1.97. The van der Waals surface area contributed by atoms with Gasteiger partial charge in [-0.15, -0.1) is 5.10 Å². The van der Waals surface area contributed by atoms with Crippen molar-refractivity contribution in [1.82, 2.24) is 15.0 Å².